The Morgan fingerprint density at radius 3 is 1.10 bits per heavy atom. The number of carboxylic acids is 1. The summed E-state index contributed by atoms with van der Waals surface area (Å²) in [5, 5.41) is 28.9. The number of hydrogen-bond acceptors (Lipinski definition) is 11. The van der Waals surface area contributed by atoms with Crippen molar-refractivity contribution in [3.05, 3.63) is 380 Å². The Balaban J connectivity index is 0.000000222. The van der Waals surface area contributed by atoms with Crippen LogP contribution in [0.2, 0.25) is 0 Å². The van der Waals surface area contributed by atoms with Crippen molar-refractivity contribution >= 4 is 165 Å². The summed E-state index contributed by atoms with van der Waals surface area (Å²) < 4.78 is 152. The molecule has 0 radical (unpaired) electrons. The molecule has 2 aliphatic heterocycles. The number of amides is 5. The number of aliphatic hydroxyl groups is 1. The van der Waals surface area contributed by atoms with Crippen molar-refractivity contribution < 1.29 is 82.1 Å². The molecular weight excluding hydrogens is 1930 g/mol. The normalized spacial score (nSPS) is 13.9. The summed E-state index contributed by atoms with van der Waals surface area (Å²) in [5.74, 6) is -1.28. The van der Waals surface area contributed by atoms with Gasteiger partial charge in [-0.05, 0) is 295 Å². The fourth-order valence-electron chi connectivity index (χ4n) is 12.3. The lowest BCUT2D eigenvalue weighted by molar-refractivity contribution is -0.139. The minimum atomic E-state index is -4.52. The summed E-state index contributed by atoms with van der Waals surface area (Å²) in [6, 6.07) is 77.1. The second kappa shape index (κ2) is 47.1. The highest BCUT2D eigenvalue weighted by molar-refractivity contribution is 9.10. The molecule has 2 saturated heterocycles. The smallest absolute Gasteiger partial charge is 0.416 e. The molecule has 1 atom stereocenters. The van der Waals surface area contributed by atoms with Crippen molar-refractivity contribution in [2.24, 2.45) is 15.0 Å². The maximum Gasteiger partial charge on any atom is 0.416 e. The van der Waals surface area contributed by atoms with Gasteiger partial charge in [0.25, 0.3) is 5.91 Å². The number of aliphatic carboxylic acids is 1. The average molecular weight is 2020 g/mol. The number of carbonyl (C=O) groups is 4. The molecule has 34 heteroatoms. The number of hydrogen-bond donors (Lipinski definition) is 5. The number of imide groups is 1. The van der Waals surface area contributed by atoms with Crippen LogP contribution < -0.4 is 36.0 Å². The van der Waals surface area contributed by atoms with E-state index in [1.165, 1.54) is 80.4 Å². The predicted octanol–water partition coefficient (Wildman–Crippen LogP) is 29.9. The van der Waals surface area contributed by atoms with Gasteiger partial charge in [-0.25, -0.2) is 24.2 Å². The molecule has 2 heterocycles. The number of thiocarbonyl (C=S) groups is 2. The third-order valence-electron chi connectivity index (χ3n) is 19.8. The average Bonchev–Trinajstić information content (AvgIpc) is 1.53. The monoisotopic (exact) mass is 2020 g/mol. The van der Waals surface area contributed by atoms with Gasteiger partial charge >= 0.3 is 42.7 Å². The minimum absolute atomic E-state index is 0.206. The highest BCUT2D eigenvalue weighted by Gasteiger charge is 2.64. The van der Waals surface area contributed by atoms with Crippen molar-refractivity contribution in [3.63, 3.8) is 0 Å². The van der Waals surface area contributed by atoms with E-state index in [1.807, 2.05) is 151 Å². The topological polar surface area (TPSA) is 218 Å². The van der Waals surface area contributed by atoms with Gasteiger partial charge in [-0.1, -0.05) is 174 Å². The van der Waals surface area contributed by atoms with Crippen LogP contribution in [0.15, 0.2) is 311 Å². The Hall–Kier alpha value is -14.0. The van der Waals surface area contributed by atoms with Crippen LogP contribution in [0.3, 0.4) is 0 Å². The summed E-state index contributed by atoms with van der Waals surface area (Å²) in [4.78, 5) is 72.7. The Kier molecular flexibility index (Phi) is 37.7. The van der Waals surface area contributed by atoms with Crippen LogP contribution in [0.4, 0.5) is 131 Å². The molecule has 0 aliphatic carbocycles. The van der Waals surface area contributed by atoms with E-state index in [2.05, 4.69) is 90.5 Å². The molecule has 18 nitrogen and oxygen atoms in total. The summed E-state index contributed by atoms with van der Waals surface area (Å²) in [6.45, 7) is 35.4. The molecule has 0 aromatic heterocycles. The van der Waals surface area contributed by atoms with Gasteiger partial charge in [0.2, 0.25) is 0 Å². The number of alkyl halides is 13. The van der Waals surface area contributed by atoms with Crippen molar-refractivity contribution in [2.75, 3.05) is 36.0 Å². The van der Waals surface area contributed by atoms with Gasteiger partial charge in [0.1, 0.15) is 15.9 Å². The number of carboxylic acid groups (broad SMARTS) is 1. The first-order chi connectivity index (χ1) is 63.1. The largest absolute Gasteiger partial charge is 0.480 e. The predicted molar refractivity (Wildman–Crippen MR) is 522 cm³/mol. The van der Waals surface area contributed by atoms with E-state index in [0.717, 1.165) is 97.2 Å². The van der Waals surface area contributed by atoms with Crippen molar-refractivity contribution in [1.29, 1.82) is 0 Å². The van der Waals surface area contributed by atoms with Crippen LogP contribution in [-0.4, -0.2) is 65.8 Å². The van der Waals surface area contributed by atoms with E-state index in [1.54, 1.807) is 120 Å². The number of carbonyl (C=O) groups excluding carboxylic acids is 3. The molecule has 700 valence electrons. The lowest BCUT2D eigenvalue weighted by Gasteiger charge is -2.43. The quantitative estimate of drug-likeness (QED) is 0.0156. The van der Waals surface area contributed by atoms with E-state index < -0.39 is 92.0 Å². The SMILES string of the molecule is CC(C)(Br)C(=O)O.Cc1ccc(N)cc1.Cc1ccc(N2C(=O)N(c3ccc(C(F)(F)F)cc3)C(C)(C)C2=O)cc1.Cc1ccc(N=C=Nc2ccc(C(F)(F)F)cc2)cc1.Cc1ccc(N=C=S)cc1.Cc1ccc(NC(=S)Nc2ccc(C(F)(F)F)cc2)cc1.[C-]#[N+]c1cccc(Br)c1.[C-]#[N+]c1cccc(C2(O)N(c3ccc(C)cc3)C(=O)N(c3ccc(C(F)(F)F)cc3)C2(C)C)c1. The van der Waals surface area contributed by atoms with E-state index in [9.17, 15) is 77.0 Å². The molecule has 12 aromatic rings. The second-order valence-corrected chi connectivity index (χ2v) is 35.0. The van der Waals surface area contributed by atoms with Gasteiger partial charge in [0.05, 0.1) is 68.8 Å². The number of isothiocyanates is 1. The third-order valence-corrected chi connectivity index (χ3v) is 20.9. The summed E-state index contributed by atoms with van der Waals surface area (Å²) in [7, 11) is 0. The van der Waals surface area contributed by atoms with Crippen LogP contribution in [0, 0.1) is 54.7 Å². The Labute approximate surface area is 801 Å². The number of benzene rings is 12. The van der Waals surface area contributed by atoms with Gasteiger partial charge < -0.3 is 26.6 Å². The van der Waals surface area contributed by atoms with Crippen LogP contribution in [0.5, 0.6) is 0 Å². The zero-order valence-electron chi connectivity index (χ0n) is 74.5. The minimum Gasteiger partial charge on any atom is -0.480 e. The number of nitrogens with one attached hydrogen (secondary N) is 2. The van der Waals surface area contributed by atoms with Crippen molar-refractivity contribution in [3.8, 4) is 0 Å². The lowest BCUT2D eigenvalue weighted by atomic mass is 9.83. The zero-order valence-corrected chi connectivity index (χ0v) is 79.3. The Morgan fingerprint density at radius 2 is 0.748 bits per heavy atom. The maximum absolute atomic E-state index is 13.8. The van der Waals surface area contributed by atoms with Gasteiger partial charge in [0.15, 0.2) is 22.2 Å². The first kappa shape index (κ1) is 108. The van der Waals surface area contributed by atoms with E-state index in [-0.39, 0.29) is 17.1 Å². The first-order valence-electron chi connectivity index (χ1n) is 40.4. The molecular formula is C101H90Br2F12N12O6S2. The Bertz CT molecular complexity index is 6250. The van der Waals surface area contributed by atoms with E-state index in [4.69, 9.17) is 36.2 Å². The van der Waals surface area contributed by atoms with Gasteiger partial charge in [-0.15, -0.1) is 0 Å². The summed E-state index contributed by atoms with van der Waals surface area (Å²) >= 11 is 15.8. The van der Waals surface area contributed by atoms with Crippen LogP contribution >= 0.6 is 56.3 Å². The van der Waals surface area contributed by atoms with Gasteiger partial charge in [-0.2, -0.15) is 67.7 Å². The highest BCUT2D eigenvalue weighted by Crippen LogP contribution is 2.52. The van der Waals surface area contributed by atoms with Crippen LogP contribution in [0.25, 0.3) is 9.69 Å². The first-order valence-corrected chi connectivity index (χ1v) is 42.8. The number of rotatable bonds is 11. The number of aryl methyl sites for hydroxylation is 6. The van der Waals surface area contributed by atoms with E-state index in [0.29, 0.717) is 44.8 Å². The standard InChI is InChI=1S/C26H22F3N3O2.C19H17F3N2O2.C15H13F3N2S.C15H11F3N2.C8H7NS.C7H4BrN.C7H9N.C4H7BrO2/c1-17-8-12-22(13-9-17)32-23(33)31(21-14-10-18(11-15-21)26(27,28)29)24(2,3)25(32,34)19-6-5-7-20(16-19)30-4;1-12-4-8-14(9-5-12)23-16(25)18(2,3)24(17(23)26)15-10-6-13(7-11-15)19(20,21)22;1-10-2-6-12(7-3-10)19-14(21)20-13-8-4-11(5-9-13)15(16,17)18;1-11-2-6-13(7-3-11)19-10-20-14-8-4-12(5-9-14)15(16,17)18;1-7-2-4-8(5-3-7)9-6-10;1-9-7-4-2-3-6(8)5-7;1-6-2-4-7(8)5-3-6;1-4(2,5)3(6)7/h5-16,34H,1-3H3;4-11H,1-3H3;2-9H,1H3,(H2,19,20,21);2-9H,1H3;2-5H,1H3;2-5H;2-5H,8H2,1H3;1-2H3,(H,6,7). The number of nitrogens with zero attached hydrogens (tertiary/aromatic N) is 9. The highest BCUT2D eigenvalue weighted by atomic mass is 79.9. The molecule has 135 heavy (non-hydrogen) atoms. The molecule has 2 aliphatic rings. The molecule has 14 rings (SSSR count). The number of urea groups is 2. The number of nitrogen functional groups attached to an aromatic ring is 1. The molecule has 2 fully saturated rings. The zero-order chi connectivity index (χ0) is 100. The van der Waals surface area contributed by atoms with Crippen molar-refractivity contribution in [2.45, 2.75) is 129 Å². The number of nitrogens with two attached hydrogens (primary N) is 1. The fourth-order valence-corrected chi connectivity index (χ4v) is 13.0. The lowest BCUT2D eigenvalue weighted by Crippen LogP contribution is -2.56. The maximum atomic E-state index is 13.8. The summed E-state index contributed by atoms with van der Waals surface area (Å²) in [5.41, 5.74) is 11.1. The van der Waals surface area contributed by atoms with Crippen LogP contribution in [0.1, 0.15) is 103 Å². The molecule has 1 unspecified atom stereocenters. The van der Waals surface area contributed by atoms with Crippen LogP contribution in [-0.2, 0) is 40.0 Å². The molecule has 0 saturated carbocycles. The molecule has 6 N–H and O–H groups in total. The number of anilines is 7. The van der Waals surface area contributed by atoms with E-state index >= 15 is 0 Å². The van der Waals surface area contributed by atoms with Crippen molar-refractivity contribution in [1.82, 2.24) is 0 Å². The summed E-state index contributed by atoms with van der Waals surface area (Å²) in [6.07, 6.45) is -17.7. The molecule has 0 bridgehead atoms. The molecule has 5 amide bonds. The molecule has 0 spiro atoms. The fraction of sp³-hybridized carbons (Fsp3) is 0.198. The third kappa shape index (κ3) is 31.1. The molecule has 12 aromatic carbocycles. The second-order valence-electron chi connectivity index (χ2n) is 31.5. The number of halogens is 14. The Morgan fingerprint density at radius 1 is 0.444 bits per heavy atom. The number of aliphatic imine (C=N–C) groups is 3. The van der Waals surface area contributed by atoms with Gasteiger partial charge in [-0.3, -0.25) is 24.3 Å². The van der Waals surface area contributed by atoms with Gasteiger partial charge in [0, 0.05) is 38.6 Å².